The van der Waals surface area contributed by atoms with Crippen molar-refractivity contribution >= 4 is 34.6 Å². The summed E-state index contributed by atoms with van der Waals surface area (Å²) in [7, 11) is 0. The summed E-state index contributed by atoms with van der Waals surface area (Å²) >= 11 is 7.48. The molecule has 1 fully saturated rings. The zero-order chi connectivity index (χ0) is 21.2. The molecule has 1 atom stereocenters. The van der Waals surface area contributed by atoms with E-state index in [-0.39, 0.29) is 18.5 Å². The van der Waals surface area contributed by atoms with Crippen LogP contribution in [0.2, 0.25) is 0 Å². The molecule has 1 unspecified atom stereocenters. The van der Waals surface area contributed by atoms with Crippen LogP contribution in [0.1, 0.15) is 55.9 Å². The van der Waals surface area contributed by atoms with Crippen molar-refractivity contribution in [1.29, 1.82) is 0 Å². The molecule has 4 nitrogen and oxygen atoms in total. The highest BCUT2D eigenvalue weighted by atomic mass is 32.1. The maximum absolute atomic E-state index is 12.4. The minimum atomic E-state index is -0.00219. The first-order valence-corrected chi connectivity index (χ1v) is 12.3. The van der Waals surface area contributed by atoms with Gasteiger partial charge in [-0.05, 0) is 61.8 Å². The predicted octanol–water partition coefficient (Wildman–Crippen LogP) is 4.89. The largest absolute Gasteiger partial charge is 0.353 e. The molecule has 1 aliphatic carbocycles. The first-order valence-electron chi connectivity index (χ1n) is 11.0. The second-order valence-corrected chi connectivity index (χ2v) is 9.57. The number of hydrogen-bond donors (Lipinski definition) is 2. The van der Waals surface area contributed by atoms with E-state index in [4.69, 9.17) is 12.2 Å². The van der Waals surface area contributed by atoms with Crippen LogP contribution in [0.4, 0.5) is 0 Å². The first kappa shape index (κ1) is 22.8. The van der Waals surface area contributed by atoms with Gasteiger partial charge in [0.15, 0.2) is 5.11 Å². The number of thiophene rings is 1. The molecule has 6 heteroatoms. The Balaban J connectivity index is 1.45. The molecule has 30 heavy (non-hydrogen) atoms. The van der Waals surface area contributed by atoms with Gasteiger partial charge in [0.05, 0.1) is 13.1 Å². The molecule has 2 N–H and O–H groups in total. The van der Waals surface area contributed by atoms with Crippen molar-refractivity contribution in [2.45, 2.75) is 70.5 Å². The molecule has 1 aliphatic rings. The second kappa shape index (κ2) is 12.1. The highest BCUT2D eigenvalue weighted by molar-refractivity contribution is 7.80. The van der Waals surface area contributed by atoms with Crippen LogP contribution in [0, 0.1) is 0 Å². The van der Waals surface area contributed by atoms with Crippen LogP contribution < -0.4 is 10.6 Å². The van der Waals surface area contributed by atoms with Gasteiger partial charge in [0.2, 0.25) is 5.91 Å². The number of nitrogens with one attached hydrogen (secondary N) is 2. The summed E-state index contributed by atoms with van der Waals surface area (Å²) in [6, 6.07) is 15.2. The van der Waals surface area contributed by atoms with Crippen molar-refractivity contribution in [1.82, 2.24) is 15.5 Å². The molecule has 3 rings (SSSR count). The van der Waals surface area contributed by atoms with Crippen LogP contribution in [-0.2, 0) is 17.8 Å². The average molecular weight is 444 g/mol. The van der Waals surface area contributed by atoms with E-state index in [1.54, 1.807) is 11.3 Å². The Morgan fingerprint density at radius 2 is 1.93 bits per heavy atom. The normalized spacial score (nSPS) is 15.4. The summed E-state index contributed by atoms with van der Waals surface area (Å²) in [5.74, 6) is -0.00219. The SMILES string of the molecule is CC(CCc1ccccc1)NC(=O)CNC(=S)N(Cc1cccs1)C1CCCCC1. The zero-order valence-corrected chi connectivity index (χ0v) is 19.4. The topological polar surface area (TPSA) is 44.4 Å². The van der Waals surface area contributed by atoms with Gasteiger partial charge in [-0.3, -0.25) is 4.79 Å². The molecule has 1 aromatic carbocycles. The van der Waals surface area contributed by atoms with Crippen LogP contribution in [0.15, 0.2) is 47.8 Å². The molecule has 1 amide bonds. The van der Waals surface area contributed by atoms with Gasteiger partial charge in [-0.15, -0.1) is 11.3 Å². The van der Waals surface area contributed by atoms with Crippen LogP contribution in [0.3, 0.4) is 0 Å². The molecule has 0 aliphatic heterocycles. The molecule has 0 spiro atoms. The molecule has 0 bridgehead atoms. The summed E-state index contributed by atoms with van der Waals surface area (Å²) in [6.07, 6.45) is 8.07. The summed E-state index contributed by atoms with van der Waals surface area (Å²) < 4.78 is 0. The van der Waals surface area contributed by atoms with E-state index in [0.29, 0.717) is 11.2 Å². The van der Waals surface area contributed by atoms with Gasteiger partial charge >= 0.3 is 0 Å². The summed E-state index contributed by atoms with van der Waals surface area (Å²) in [6.45, 7) is 3.11. The Kier molecular flexibility index (Phi) is 9.15. The Morgan fingerprint density at radius 1 is 1.17 bits per heavy atom. The standard InChI is InChI=1S/C24H33N3OS2/c1-19(14-15-20-9-4-2-5-10-20)26-23(28)17-25-24(29)27(18-22-13-8-16-30-22)21-11-6-3-7-12-21/h2,4-5,8-10,13,16,19,21H,3,6-7,11-12,14-15,17-18H2,1H3,(H,25,29)(H,26,28). The van der Waals surface area contributed by atoms with Gasteiger partial charge in [-0.25, -0.2) is 0 Å². The molecule has 162 valence electrons. The van der Waals surface area contributed by atoms with E-state index in [2.05, 4.69) is 64.2 Å². The molecular formula is C24H33N3OS2. The third kappa shape index (κ3) is 7.40. The fourth-order valence-electron chi connectivity index (χ4n) is 4.01. The van der Waals surface area contributed by atoms with Crippen LogP contribution in [0.25, 0.3) is 0 Å². The van der Waals surface area contributed by atoms with Crippen LogP contribution in [-0.4, -0.2) is 34.5 Å². The molecular weight excluding hydrogens is 410 g/mol. The Hall–Kier alpha value is -1.92. The fraction of sp³-hybridized carbons (Fsp3) is 0.500. The van der Waals surface area contributed by atoms with Crippen molar-refractivity contribution in [3.8, 4) is 0 Å². The smallest absolute Gasteiger partial charge is 0.239 e. The highest BCUT2D eigenvalue weighted by Crippen LogP contribution is 2.25. The van der Waals surface area contributed by atoms with Gasteiger partial charge in [-0.1, -0.05) is 55.7 Å². The Labute approximate surface area is 190 Å². The van der Waals surface area contributed by atoms with Crippen LogP contribution >= 0.6 is 23.6 Å². The summed E-state index contributed by atoms with van der Waals surface area (Å²) in [4.78, 5) is 16.0. The van der Waals surface area contributed by atoms with Gasteiger partial charge in [0.25, 0.3) is 0 Å². The number of amides is 1. The van der Waals surface area contributed by atoms with Crippen molar-refractivity contribution in [2.75, 3.05) is 6.54 Å². The first-order chi connectivity index (χ1) is 14.6. The molecule has 1 heterocycles. The maximum atomic E-state index is 12.4. The molecule has 1 aromatic heterocycles. The lowest BCUT2D eigenvalue weighted by atomic mass is 9.94. The van der Waals surface area contributed by atoms with Gasteiger partial charge in [0, 0.05) is 17.0 Å². The lowest BCUT2D eigenvalue weighted by Crippen LogP contribution is -2.49. The number of rotatable bonds is 9. The van der Waals surface area contributed by atoms with E-state index < -0.39 is 0 Å². The third-order valence-corrected chi connectivity index (χ3v) is 6.94. The Morgan fingerprint density at radius 3 is 2.63 bits per heavy atom. The van der Waals surface area contributed by atoms with Gasteiger partial charge in [0.1, 0.15) is 0 Å². The predicted molar refractivity (Wildman–Crippen MR) is 130 cm³/mol. The van der Waals surface area contributed by atoms with E-state index in [1.165, 1.54) is 42.5 Å². The van der Waals surface area contributed by atoms with E-state index in [0.717, 1.165) is 19.4 Å². The van der Waals surface area contributed by atoms with Crippen molar-refractivity contribution < 1.29 is 4.79 Å². The van der Waals surface area contributed by atoms with E-state index in [9.17, 15) is 4.79 Å². The quantitative estimate of drug-likeness (QED) is 0.541. The summed E-state index contributed by atoms with van der Waals surface area (Å²) in [5, 5.41) is 9.12. The molecule has 0 radical (unpaired) electrons. The number of benzene rings is 1. The van der Waals surface area contributed by atoms with Crippen LogP contribution in [0.5, 0.6) is 0 Å². The maximum Gasteiger partial charge on any atom is 0.239 e. The molecule has 1 saturated carbocycles. The summed E-state index contributed by atoms with van der Waals surface area (Å²) in [5.41, 5.74) is 1.30. The number of carbonyl (C=O) groups is 1. The minimum absolute atomic E-state index is 0.00219. The highest BCUT2D eigenvalue weighted by Gasteiger charge is 2.24. The number of hydrogen-bond acceptors (Lipinski definition) is 3. The number of aryl methyl sites for hydroxylation is 1. The van der Waals surface area contributed by atoms with E-state index in [1.807, 2.05) is 6.07 Å². The molecule has 0 saturated heterocycles. The van der Waals surface area contributed by atoms with Crippen molar-refractivity contribution in [2.24, 2.45) is 0 Å². The van der Waals surface area contributed by atoms with E-state index >= 15 is 0 Å². The lowest BCUT2D eigenvalue weighted by Gasteiger charge is -2.36. The number of thiocarbonyl (C=S) groups is 1. The third-order valence-electron chi connectivity index (χ3n) is 5.70. The van der Waals surface area contributed by atoms with Gasteiger partial charge < -0.3 is 15.5 Å². The van der Waals surface area contributed by atoms with Crippen molar-refractivity contribution in [3.63, 3.8) is 0 Å². The minimum Gasteiger partial charge on any atom is -0.353 e. The molecule has 2 aromatic rings. The van der Waals surface area contributed by atoms with Crippen molar-refractivity contribution in [3.05, 3.63) is 58.3 Å². The number of carbonyl (C=O) groups excluding carboxylic acids is 1. The monoisotopic (exact) mass is 443 g/mol. The number of nitrogens with zero attached hydrogens (tertiary/aromatic N) is 1. The Bertz CT molecular complexity index is 773. The lowest BCUT2D eigenvalue weighted by molar-refractivity contribution is -0.120. The average Bonchev–Trinajstić information content (AvgIpc) is 3.29. The fourth-order valence-corrected chi connectivity index (χ4v) is 5.00. The zero-order valence-electron chi connectivity index (χ0n) is 17.8. The van der Waals surface area contributed by atoms with Gasteiger partial charge in [-0.2, -0.15) is 0 Å². The second-order valence-electron chi connectivity index (χ2n) is 8.15.